The smallest absolute Gasteiger partial charge is 0.174 e. The minimum atomic E-state index is -0.124. The molecule has 1 N–H and O–H groups in total. The first kappa shape index (κ1) is 23.4. The Kier molecular flexibility index (Phi) is 6.42. The molecule has 0 radical (unpaired) electrons. The van der Waals surface area contributed by atoms with Crippen molar-refractivity contribution in [2.75, 3.05) is 4.90 Å². The van der Waals surface area contributed by atoms with Gasteiger partial charge in [0.05, 0.1) is 33.5 Å². The van der Waals surface area contributed by atoms with Crippen LogP contribution < -0.4 is 10.2 Å². The van der Waals surface area contributed by atoms with E-state index in [0.29, 0.717) is 15.2 Å². The summed E-state index contributed by atoms with van der Waals surface area (Å²) in [6.07, 6.45) is 1.81. The summed E-state index contributed by atoms with van der Waals surface area (Å²) in [7, 11) is 0. The first-order valence-electron chi connectivity index (χ1n) is 10.8. The molecule has 0 spiro atoms. The lowest BCUT2D eigenvalue weighted by atomic mass is 9.96. The van der Waals surface area contributed by atoms with E-state index in [-0.39, 0.29) is 12.1 Å². The maximum atomic E-state index is 6.62. The van der Waals surface area contributed by atoms with Gasteiger partial charge >= 0.3 is 0 Å². The quantitative estimate of drug-likeness (QED) is 0.254. The summed E-state index contributed by atoms with van der Waals surface area (Å²) < 4.78 is 3.17. The lowest BCUT2D eigenvalue weighted by Gasteiger charge is -2.28. The molecular formula is C26H21BrCl2N4S. The Hall–Kier alpha value is -2.38. The number of thiocarbonyl (C=S) groups is 1. The van der Waals surface area contributed by atoms with Crippen LogP contribution in [0.5, 0.6) is 0 Å². The SMILES string of the molecule is Cc1cc([C@@H]2[C@H](c3ccccn3)NC(=S)N2c2ccc(Br)cc2)c(C)n1-c1cccc(Cl)c1Cl. The lowest BCUT2D eigenvalue weighted by molar-refractivity contribution is 0.565. The van der Waals surface area contributed by atoms with Gasteiger partial charge in [0.15, 0.2) is 5.11 Å². The van der Waals surface area contributed by atoms with E-state index in [9.17, 15) is 0 Å². The predicted octanol–water partition coefficient (Wildman–Crippen LogP) is 7.74. The highest BCUT2D eigenvalue weighted by molar-refractivity contribution is 9.10. The zero-order chi connectivity index (χ0) is 24.0. The van der Waals surface area contributed by atoms with E-state index in [2.05, 4.69) is 67.7 Å². The molecule has 0 amide bonds. The number of hydrogen-bond donors (Lipinski definition) is 1. The fraction of sp³-hybridized carbons (Fsp3) is 0.154. The molecule has 34 heavy (non-hydrogen) atoms. The lowest BCUT2D eigenvalue weighted by Crippen LogP contribution is -2.29. The number of nitrogens with one attached hydrogen (secondary N) is 1. The summed E-state index contributed by atoms with van der Waals surface area (Å²) in [6.45, 7) is 4.18. The number of benzene rings is 2. The third kappa shape index (κ3) is 4.03. The standard InChI is InChI=1S/C26H21BrCl2N4S/c1-15-14-19(16(2)32(15)22-8-5-6-20(28)23(22)29)25-24(21-7-3-4-13-30-21)31-26(34)33(25)18-11-9-17(27)10-12-18/h3-14,24-25H,1-2H3,(H,31,34)/t24-,25+/m0/s1. The van der Waals surface area contributed by atoms with Crippen molar-refractivity contribution in [1.82, 2.24) is 14.9 Å². The molecule has 1 fully saturated rings. The van der Waals surface area contributed by atoms with Crippen LogP contribution in [0, 0.1) is 13.8 Å². The Morgan fingerprint density at radius 2 is 1.76 bits per heavy atom. The van der Waals surface area contributed by atoms with E-state index in [0.717, 1.165) is 38.5 Å². The Morgan fingerprint density at radius 3 is 2.47 bits per heavy atom. The normalized spacial score (nSPS) is 17.8. The third-order valence-electron chi connectivity index (χ3n) is 6.16. The van der Waals surface area contributed by atoms with Crippen LogP contribution in [0.1, 0.15) is 34.7 Å². The van der Waals surface area contributed by atoms with Gasteiger partial charge in [-0.2, -0.15) is 0 Å². The first-order valence-corrected chi connectivity index (χ1v) is 12.7. The van der Waals surface area contributed by atoms with Crippen LogP contribution in [0.2, 0.25) is 10.0 Å². The van der Waals surface area contributed by atoms with Gasteiger partial charge in [0.1, 0.15) is 0 Å². The van der Waals surface area contributed by atoms with Crippen LogP contribution in [0.3, 0.4) is 0 Å². The van der Waals surface area contributed by atoms with Gasteiger partial charge in [-0.15, -0.1) is 0 Å². The van der Waals surface area contributed by atoms with Gasteiger partial charge in [-0.1, -0.05) is 51.3 Å². The summed E-state index contributed by atoms with van der Waals surface area (Å²) in [5, 5.41) is 5.24. The number of nitrogens with zero attached hydrogens (tertiary/aromatic N) is 3. The Balaban J connectivity index is 1.70. The van der Waals surface area contributed by atoms with Gasteiger partial charge < -0.3 is 14.8 Å². The number of aryl methyl sites for hydroxylation is 1. The van der Waals surface area contributed by atoms with Gasteiger partial charge in [-0.3, -0.25) is 4.98 Å². The summed E-state index contributed by atoms with van der Waals surface area (Å²) in [4.78, 5) is 6.83. The molecule has 3 heterocycles. The van der Waals surface area contributed by atoms with Crippen molar-refractivity contribution in [3.63, 3.8) is 0 Å². The molecule has 5 rings (SSSR count). The van der Waals surface area contributed by atoms with Crippen molar-refractivity contribution in [3.05, 3.63) is 110 Å². The van der Waals surface area contributed by atoms with E-state index >= 15 is 0 Å². The molecule has 0 saturated carbocycles. The first-order chi connectivity index (χ1) is 16.4. The van der Waals surface area contributed by atoms with Crippen molar-refractivity contribution in [2.45, 2.75) is 25.9 Å². The van der Waals surface area contributed by atoms with Crippen LogP contribution in [-0.2, 0) is 0 Å². The van der Waals surface area contributed by atoms with Crippen LogP contribution in [0.4, 0.5) is 5.69 Å². The maximum Gasteiger partial charge on any atom is 0.174 e. The van der Waals surface area contributed by atoms with E-state index in [1.54, 1.807) is 6.07 Å². The Bertz CT molecular complexity index is 1370. The molecule has 0 bridgehead atoms. The van der Waals surface area contributed by atoms with Crippen LogP contribution in [-0.4, -0.2) is 14.7 Å². The minimum Gasteiger partial charge on any atom is -0.351 e. The molecule has 2 aromatic carbocycles. The summed E-state index contributed by atoms with van der Waals surface area (Å²) in [6, 6.07) is 21.8. The van der Waals surface area contributed by atoms with Crippen molar-refractivity contribution < 1.29 is 0 Å². The monoisotopic (exact) mass is 570 g/mol. The second kappa shape index (κ2) is 9.34. The van der Waals surface area contributed by atoms with E-state index in [1.165, 1.54) is 0 Å². The van der Waals surface area contributed by atoms with Gasteiger partial charge in [0.25, 0.3) is 0 Å². The fourth-order valence-electron chi connectivity index (χ4n) is 4.67. The topological polar surface area (TPSA) is 33.1 Å². The highest BCUT2D eigenvalue weighted by Crippen LogP contribution is 2.44. The minimum absolute atomic E-state index is 0.110. The zero-order valence-electron chi connectivity index (χ0n) is 18.5. The number of hydrogen-bond acceptors (Lipinski definition) is 2. The van der Waals surface area contributed by atoms with Crippen molar-refractivity contribution >= 4 is 62.1 Å². The zero-order valence-corrected chi connectivity index (χ0v) is 22.4. The number of aromatic nitrogens is 2. The van der Waals surface area contributed by atoms with Crippen molar-refractivity contribution in [1.29, 1.82) is 0 Å². The van der Waals surface area contributed by atoms with Crippen molar-refractivity contribution in [3.8, 4) is 5.69 Å². The molecule has 1 aliphatic rings. The molecular weight excluding hydrogens is 551 g/mol. The molecule has 0 unspecified atom stereocenters. The second-order valence-corrected chi connectivity index (χ2v) is 10.3. The number of rotatable bonds is 4. The third-order valence-corrected chi connectivity index (χ3v) is 7.82. The molecule has 1 saturated heterocycles. The van der Waals surface area contributed by atoms with Gasteiger partial charge in [0.2, 0.25) is 0 Å². The molecule has 0 aliphatic carbocycles. The van der Waals surface area contributed by atoms with E-state index in [4.69, 9.17) is 35.4 Å². The molecule has 4 nitrogen and oxygen atoms in total. The average Bonchev–Trinajstić information content (AvgIpc) is 3.32. The average molecular weight is 572 g/mol. The second-order valence-electron chi connectivity index (χ2n) is 8.21. The summed E-state index contributed by atoms with van der Waals surface area (Å²) in [5.41, 5.74) is 6.06. The molecule has 2 aromatic heterocycles. The molecule has 8 heteroatoms. The predicted molar refractivity (Wildman–Crippen MR) is 147 cm³/mol. The summed E-state index contributed by atoms with van der Waals surface area (Å²) >= 11 is 22.4. The summed E-state index contributed by atoms with van der Waals surface area (Å²) in [5.74, 6) is 0. The number of anilines is 1. The molecule has 172 valence electrons. The highest BCUT2D eigenvalue weighted by atomic mass is 79.9. The molecule has 2 atom stereocenters. The Labute approximate surface area is 222 Å². The van der Waals surface area contributed by atoms with Crippen molar-refractivity contribution in [2.24, 2.45) is 0 Å². The van der Waals surface area contributed by atoms with Crippen LogP contribution in [0.25, 0.3) is 5.69 Å². The fourth-order valence-corrected chi connectivity index (χ4v) is 5.66. The van der Waals surface area contributed by atoms with Crippen LogP contribution in [0.15, 0.2) is 77.4 Å². The molecule has 4 aromatic rings. The maximum absolute atomic E-state index is 6.62. The van der Waals surface area contributed by atoms with E-state index < -0.39 is 0 Å². The Morgan fingerprint density at radius 1 is 1.00 bits per heavy atom. The van der Waals surface area contributed by atoms with Gasteiger partial charge in [-0.25, -0.2) is 0 Å². The van der Waals surface area contributed by atoms with Gasteiger partial charge in [0, 0.05) is 27.7 Å². The van der Waals surface area contributed by atoms with E-state index in [1.807, 2.05) is 48.7 Å². The highest BCUT2D eigenvalue weighted by Gasteiger charge is 2.42. The number of pyridine rings is 1. The van der Waals surface area contributed by atoms with Gasteiger partial charge in [-0.05, 0) is 86.2 Å². The molecule has 1 aliphatic heterocycles. The largest absolute Gasteiger partial charge is 0.351 e. The van der Waals surface area contributed by atoms with Crippen LogP contribution >= 0.6 is 51.3 Å². The number of halogens is 3.